The highest BCUT2D eigenvalue weighted by atomic mass is 16.6. The van der Waals surface area contributed by atoms with Crippen molar-refractivity contribution in [3.8, 4) is 0 Å². The fourth-order valence-electron chi connectivity index (χ4n) is 1.80. The van der Waals surface area contributed by atoms with Crippen molar-refractivity contribution >= 4 is 23.6 Å². The average molecular weight is 351 g/mol. The summed E-state index contributed by atoms with van der Waals surface area (Å²) < 4.78 is 4.95. The van der Waals surface area contributed by atoms with Crippen molar-refractivity contribution in [2.45, 2.75) is 46.3 Å². The minimum atomic E-state index is -1.25. The molecule has 1 aromatic rings. The molecule has 0 saturated carbocycles. The molecule has 1 atom stereocenters. The molecule has 0 radical (unpaired) electrons. The number of hydrogen-bond acceptors (Lipinski definition) is 6. The van der Waals surface area contributed by atoms with Gasteiger partial charge >= 0.3 is 12.0 Å². The van der Waals surface area contributed by atoms with Gasteiger partial charge in [-0.05, 0) is 40.7 Å². The summed E-state index contributed by atoms with van der Waals surface area (Å²) in [4.78, 5) is 45.8. The topological polar surface area (TPSA) is 128 Å². The molecule has 3 amide bonds. The van der Waals surface area contributed by atoms with Crippen molar-refractivity contribution in [3.05, 3.63) is 39.4 Å². The zero-order chi connectivity index (χ0) is 19.4. The van der Waals surface area contributed by atoms with Gasteiger partial charge in [-0.15, -0.1) is 0 Å². The van der Waals surface area contributed by atoms with Gasteiger partial charge < -0.3 is 10.1 Å². The van der Waals surface area contributed by atoms with Gasteiger partial charge in [-0.25, -0.2) is 9.59 Å². The zero-order valence-electron chi connectivity index (χ0n) is 14.7. The highest BCUT2D eigenvalue weighted by molar-refractivity contribution is 5.98. The molecule has 9 nitrogen and oxygen atoms in total. The van der Waals surface area contributed by atoms with Crippen molar-refractivity contribution < 1.29 is 24.0 Å². The highest BCUT2D eigenvalue weighted by Gasteiger charge is 2.23. The van der Waals surface area contributed by atoms with E-state index >= 15 is 0 Å². The zero-order valence-corrected chi connectivity index (χ0v) is 14.7. The summed E-state index contributed by atoms with van der Waals surface area (Å²) in [6.45, 7) is 8.05. The van der Waals surface area contributed by atoms with Gasteiger partial charge in [0.25, 0.3) is 11.6 Å². The van der Waals surface area contributed by atoms with Crippen LogP contribution in [0, 0.1) is 17.0 Å². The lowest BCUT2D eigenvalue weighted by Gasteiger charge is -2.21. The first-order valence-corrected chi connectivity index (χ1v) is 7.50. The number of nitro groups is 1. The smallest absolute Gasteiger partial charge is 0.339 e. The van der Waals surface area contributed by atoms with E-state index in [-0.39, 0.29) is 11.3 Å². The van der Waals surface area contributed by atoms with Crippen molar-refractivity contribution in [3.63, 3.8) is 0 Å². The summed E-state index contributed by atoms with van der Waals surface area (Å²) >= 11 is 0. The minimum Gasteiger partial charge on any atom is -0.449 e. The van der Waals surface area contributed by atoms with E-state index in [4.69, 9.17) is 4.74 Å². The van der Waals surface area contributed by atoms with E-state index in [1.165, 1.54) is 26.0 Å². The number of carbonyl (C=O) groups excluding carboxylic acids is 3. The number of nitro benzene ring substituents is 1. The number of amides is 3. The predicted octanol–water partition coefficient (Wildman–Crippen LogP) is 2.07. The quantitative estimate of drug-likeness (QED) is 0.485. The first kappa shape index (κ1) is 20.1. The van der Waals surface area contributed by atoms with Crippen LogP contribution in [0.1, 0.15) is 43.6 Å². The van der Waals surface area contributed by atoms with Crippen LogP contribution < -0.4 is 10.6 Å². The average Bonchev–Trinajstić information content (AvgIpc) is 2.44. The Bertz CT molecular complexity index is 708. The second-order valence-corrected chi connectivity index (χ2v) is 6.50. The molecule has 0 saturated heterocycles. The molecule has 0 heterocycles. The molecule has 0 fully saturated rings. The van der Waals surface area contributed by atoms with Crippen LogP contribution in [-0.4, -0.2) is 34.5 Å². The highest BCUT2D eigenvalue weighted by Crippen LogP contribution is 2.20. The normalized spacial score (nSPS) is 12.0. The molecular weight excluding hydrogens is 330 g/mol. The van der Waals surface area contributed by atoms with Gasteiger partial charge in [0.1, 0.15) is 0 Å². The molecule has 0 aromatic heterocycles. The molecule has 2 N–H and O–H groups in total. The summed E-state index contributed by atoms with van der Waals surface area (Å²) in [5.41, 5.74) is -0.427. The molecule has 1 rings (SSSR count). The Kier molecular flexibility index (Phi) is 6.21. The third-order valence-corrected chi connectivity index (χ3v) is 3.02. The molecule has 0 bridgehead atoms. The van der Waals surface area contributed by atoms with Crippen molar-refractivity contribution in [2.24, 2.45) is 0 Å². The van der Waals surface area contributed by atoms with E-state index in [9.17, 15) is 24.5 Å². The number of urea groups is 1. The summed E-state index contributed by atoms with van der Waals surface area (Å²) in [6.07, 6.45) is -1.25. The molecule has 0 aliphatic carbocycles. The molecule has 25 heavy (non-hydrogen) atoms. The molecule has 136 valence electrons. The van der Waals surface area contributed by atoms with Crippen molar-refractivity contribution in [2.75, 3.05) is 0 Å². The molecule has 0 spiro atoms. The van der Waals surface area contributed by atoms with Crippen LogP contribution in [0.2, 0.25) is 0 Å². The summed E-state index contributed by atoms with van der Waals surface area (Å²) in [7, 11) is 0. The predicted molar refractivity (Wildman–Crippen MR) is 89.1 cm³/mol. The minimum absolute atomic E-state index is 0.0592. The lowest BCUT2D eigenvalue weighted by molar-refractivity contribution is -0.385. The maximum Gasteiger partial charge on any atom is 0.339 e. The van der Waals surface area contributed by atoms with Gasteiger partial charge in [0.05, 0.1) is 10.5 Å². The largest absolute Gasteiger partial charge is 0.449 e. The van der Waals surface area contributed by atoms with Crippen LogP contribution >= 0.6 is 0 Å². The Labute approximate surface area is 144 Å². The Hall–Kier alpha value is -2.97. The Morgan fingerprint density at radius 3 is 2.36 bits per heavy atom. The number of nitrogens with zero attached hydrogens (tertiary/aromatic N) is 1. The van der Waals surface area contributed by atoms with E-state index in [0.29, 0.717) is 5.56 Å². The number of carbonyl (C=O) groups is 3. The van der Waals surface area contributed by atoms with Gasteiger partial charge in [-0.2, -0.15) is 0 Å². The summed E-state index contributed by atoms with van der Waals surface area (Å²) in [5, 5.41) is 15.5. The van der Waals surface area contributed by atoms with E-state index in [2.05, 4.69) is 10.6 Å². The van der Waals surface area contributed by atoms with Gasteiger partial charge in [0.15, 0.2) is 6.10 Å². The summed E-state index contributed by atoms with van der Waals surface area (Å²) in [6, 6.07) is 3.14. The standard InChI is InChI=1S/C16H21N3O6/c1-9-6-7-11(8-12(9)19(23)24)14(21)25-10(2)13(20)17-15(22)18-16(3,4)5/h6-8,10H,1-5H3,(H2,17,18,20,22)/t10-/m1/s1. The number of hydrogen-bond donors (Lipinski definition) is 2. The Morgan fingerprint density at radius 1 is 1.24 bits per heavy atom. The lowest BCUT2D eigenvalue weighted by Crippen LogP contribution is -2.50. The van der Waals surface area contributed by atoms with Crippen LogP contribution in [0.4, 0.5) is 10.5 Å². The monoisotopic (exact) mass is 351 g/mol. The van der Waals surface area contributed by atoms with E-state index in [1.807, 2.05) is 0 Å². The summed E-state index contributed by atoms with van der Waals surface area (Å²) in [5.74, 6) is -1.71. The Balaban J connectivity index is 2.73. The third-order valence-electron chi connectivity index (χ3n) is 3.02. The fraction of sp³-hybridized carbons (Fsp3) is 0.438. The van der Waals surface area contributed by atoms with Crippen LogP contribution in [0.3, 0.4) is 0 Å². The number of nitrogens with one attached hydrogen (secondary N) is 2. The number of rotatable bonds is 4. The van der Waals surface area contributed by atoms with Gasteiger partial charge in [0.2, 0.25) is 0 Å². The maximum atomic E-state index is 12.0. The number of esters is 1. The second-order valence-electron chi connectivity index (χ2n) is 6.50. The first-order chi connectivity index (χ1) is 11.4. The van der Waals surface area contributed by atoms with E-state index in [1.54, 1.807) is 20.8 Å². The molecule has 0 aliphatic rings. The molecule has 0 aliphatic heterocycles. The second kappa shape index (κ2) is 7.73. The first-order valence-electron chi connectivity index (χ1n) is 7.50. The van der Waals surface area contributed by atoms with Gasteiger partial charge in [0, 0.05) is 17.2 Å². The van der Waals surface area contributed by atoms with Gasteiger partial charge in [-0.1, -0.05) is 6.07 Å². The SMILES string of the molecule is Cc1ccc(C(=O)O[C@H](C)C(=O)NC(=O)NC(C)(C)C)cc1[N+](=O)[O-]. The van der Waals surface area contributed by atoms with Crippen LogP contribution in [-0.2, 0) is 9.53 Å². The number of benzene rings is 1. The molecule has 9 heteroatoms. The van der Waals surface area contributed by atoms with Crippen LogP contribution in [0.25, 0.3) is 0 Å². The molecular formula is C16H21N3O6. The maximum absolute atomic E-state index is 12.0. The van der Waals surface area contributed by atoms with Crippen molar-refractivity contribution in [1.82, 2.24) is 10.6 Å². The van der Waals surface area contributed by atoms with Crippen molar-refractivity contribution in [1.29, 1.82) is 0 Å². The van der Waals surface area contributed by atoms with Crippen LogP contribution in [0.5, 0.6) is 0 Å². The van der Waals surface area contributed by atoms with E-state index in [0.717, 1.165) is 6.07 Å². The Morgan fingerprint density at radius 2 is 1.84 bits per heavy atom. The van der Waals surface area contributed by atoms with Crippen LogP contribution in [0.15, 0.2) is 18.2 Å². The van der Waals surface area contributed by atoms with E-state index < -0.39 is 34.5 Å². The fourth-order valence-corrected chi connectivity index (χ4v) is 1.80. The number of ether oxygens (including phenoxy) is 1. The molecule has 0 unspecified atom stereocenters. The number of aryl methyl sites for hydroxylation is 1. The molecule has 1 aromatic carbocycles. The third kappa shape index (κ3) is 6.21. The van der Waals surface area contributed by atoms with Gasteiger partial charge in [-0.3, -0.25) is 20.2 Å². The lowest BCUT2D eigenvalue weighted by atomic mass is 10.1. The number of imide groups is 1.